The van der Waals surface area contributed by atoms with Crippen molar-refractivity contribution in [3.05, 3.63) is 60.2 Å². The molecule has 0 atom stereocenters. The molecule has 0 aliphatic rings. The molecule has 0 radical (unpaired) electrons. The molecule has 1 amide bonds. The SMILES string of the molecule is COc1ccc(CC(=O)Nc2nc3c(ccc4ccccc43)s2)cc1OC. The highest BCUT2D eigenvalue weighted by Gasteiger charge is 2.12. The van der Waals surface area contributed by atoms with Crippen LogP contribution < -0.4 is 14.8 Å². The zero-order valence-electron chi connectivity index (χ0n) is 15.0. The number of aromatic nitrogens is 1. The topological polar surface area (TPSA) is 60.5 Å². The fraction of sp³-hybridized carbons (Fsp3) is 0.143. The van der Waals surface area contributed by atoms with E-state index >= 15 is 0 Å². The first kappa shape index (κ1) is 17.3. The van der Waals surface area contributed by atoms with Gasteiger partial charge in [-0.15, -0.1) is 0 Å². The molecule has 3 aromatic carbocycles. The Kier molecular flexibility index (Phi) is 4.64. The third kappa shape index (κ3) is 3.44. The molecule has 4 aromatic rings. The Morgan fingerprint density at radius 2 is 1.85 bits per heavy atom. The highest BCUT2D eigenvalue weighted by molar-refractivity contribution is 7.22. The minimum atomic E-state index is -0.120. The predicted octanol–water partition coefficient (Wildman–Crippen LogP) is 4.65. The zero-order chi connectivity index (χ0) is 18.8. The second-order valence-corrected chi connectivity index (χ2v) is 7.10. The van der Waals surface area contributed by atoms with E-state index < -0.39 is 0 Å². The number of benzene rings is 3. The van der Waals surface area contributed by atoms with Gasteiger partial charge in [-0.2, -0.15) is 0 Å². The summed E-state index contributed by atoms with van der Waals surface area (Å²) in [4.78, 5) is 17.1. The number of anilines is 1. The minimum Gasteiger partial charge on any atom is -0.493 e. The second-order valence-electron chi connectivity index (χ2n) is 6.07. The summed E-state index contributed by atoms with van der Waals surface area (Å²) in [5.74, 6) is 1.12. The summed E-state index contributed by atoms with van der Waals surface area (Å²) in [6.07, 6.45) is 0.233. The van der Waals surface area contributed by atoms with E-state index in [9.17, 15) is 4.79 Å². The van der Waals surface area contributed by atoms with E-state index in [1.54, 1.807) is 20.3 Å². The predicted molar refractivity (Wildman–Crippen MR) is 109 cm³/mol. The molecule has 0 spiro atoms. The van der Waals surface area contributed by atoms with E-state index in [1.807, 2.05) is 36.4 Å². The zero-order valence-corrected chi connectivity index (χ0v) is 15.8. The van der Waals surface area contributed by atoms with Crippen LogP contribution in [0.5, 0.6) is 11.5 Å². The third-order valence-electron chi connectivity index (χ3n) is 4.34. The Hall–Kier alpha value is -3.12. The van der Waals surface area contributed by atoms with Crippen LogP contribution in [-0.4, -0.2) is 25.1 Å². The maximum atomic E-state index is 12.5. The van der Waals surface area contributed by atoms with Crippen molar-refractivity contribution in [3.8, 4) is 11.5 Å². The lowest BCUT2D eigenvalue weighted by molar-refractivity contribution is -0.115. The van der Waals surface area contributed by atoms with Gasteiger partial charge in [0.15, 0.2) is 16.6 Å². The van der Waals surface area contributed by atoms with Gasteiger partial charge in [0.1, 0.15) is 0 Å². The van der Waals surface area contributed by atoms with E-state index in [4.69, 9.17) is 9.47 Å². The average molecular weight is 378 g/mol. The summed E-state index contributed by atoms with van der Waals surface area (Å²) in [5, 5.41) is 5.74. The van der Waals surface area contributed by atoms with Gasteiger partial charge >= 0.3 is 0 Å². The van der Waals surface area contributed by atoms with Gasteiger partial charge in [0.05, 0.1) is 30.9 Å². The largest absolute Gasteiger partial charge is 0.493 e. The van der Waals surface area contributed by atoms with Crippen molar-refractivity contribution in [3.63, 3.8) is 0 Å². The van der Waals surface area contributed by atoms with Crippen LogP contribution in [0.3, 0.4) is 0 Å². The molecule has 0 bridgehead atoms. The normalized spacial score (nSPS) is 10.9. The quantitative estimate of drug-likeness (QED) is 0.549. The highest BCUT2D eigenvalue weighted by atomic mass is 32.1. The van der Waals surface area contributed by atoms with Crippen LogP contribution in [0.1, 0.15) is 5.56 Å². The smallest absolute Gasteiger partial charge is 0.230 e. The molecule has 0 saturated carbocycles. The van der Waals surface area contributed by atoms with Gasteiger partial charge < -0.3 is 14.8 Å². The summed E-state index contributed by atoms with van der Waals surface area (Å²) in [6, 6.07) is 17.7. The fourth-order valence-electron chi connectivity index (χ4n) is 3.05. The van der Waals surface area contributed by atoms with Gasteiger partial charge in [-0.25, -0.2) is 4.98 Å². The molecule has 0 aliphatic heterocycles. The molecular weight excluding hydrogens is 360 g/mol. The molecule has 27 heavy (non-hydrogen) atoms. The second kappa shape index (κ2) is 7.25. The van der Waals surface area contributed by atoms with Crippen LogP contribution in [0.4, 0.5) is 5.13 Å². The molecule has 136 valence electrons. The monoisotopic (exact) mass is 378 g/mol. The van der Waals surface area contributed by atoms with Crippen molar-refractivity contribution in [2.45, 2.75) is 6.42 Å². The maximum Gasteiger partial charge on any atom is 0.230 e. The van der Waals surface area contributed by atoms with Crippen LogP contribution in [0.15, 0.2) is 54.6 Å². The number of ether oxygens (including phenoxy) is 2. The number of amides is 1. The number of carbonyl (C=O) groups is 1. The van der Waals surface area contributed by atoms with Gasteiger partial charge in [-0.3, -0.25) is 4.79 Å². The Labute approximate surface area is 160 Å². The number of carbonyl (C=O) groups excluding carboxylic acids is 1. The lowest BCUT2D eigenvalue weighted by Crippen LogP contribution is -2.14. The Morgan fingerprint density at radius 3 is 2.67 bits per heavy atom. The first-order chi connectivity index (χ1) is 13.2. The van der Waals surface area contributed by atoms with Gasteiger partial charge in [0.2, 0.25) is 5.91 Å². The third-order valence-corrected chi connectivity index (χ3v) is 5.28. The Balaban J connectivity index is 1.55. The lowest BCUT2D eigenvalue weighted by Gasteiger charge is -2.09. The first-order valence-corrected chi connectivity index (χ1v) is 9.28. The van der Waals surface area contributed by atoms with Crippen molar-refractivity contribution >= 4 is 43.4 Å². The molecule has 6 heteroatoms. The summed E-state index contributed by atoms with van der Waals surface area (Å²) in [5.41, 5.74) is 1.76. The van der Waals surface area contributed by atoms with Crippen molar-refractivity contribution in [1.82, 2.24) is 4.98 Å². The van der Waals surface area contributed by atoms with E-state index in [2.05, 4.69) is 22.4 Å². The molecule has 5 nitrogen and oxygen atoms in total. The number of hydrogen-bond donors (Lipinski definition) is 1. The summed E-state index contributed by atoms with van der Waals surface area (Å²) in [7, 11) is 3.16. The summed E-state index contributed by atoms with van der Waals surface area (Å²) in [6.45, 7) is 0. The number of methoxy groups -OCH3 is 2. The summed E-state index contributed by atoms with van der Waals surface area (Å²) >= 11 is 1.48. The van der Waals surface area contributed by atoms with Gasteiger partial charge in [-0.05, 0) is 29.1 Å². The molecule has 4 rings (SSSR count). The average Bonchev–Trinajstić information content (AvgIpc) is 3.10. The Morgan fingerprint density at radius 1 is 1.04 bits per heavy atom. The number of rotatable bonds is 5. The van der Waals surface area contributed by atoms with Crippen molar-refractivity contribution in [2.24, 2.45) is 0 Å². The van der Waals surface area contributed by atoms with Gasteiger partial charge in [-0.1, -0.05) is 47.7 Å². The van der Waals surface area contributed by atoms with Gasteiger partial charge in [0.25, 0.3) is 0 Å². The number of thiazole rings is 1. The minimum absolute atomic E-state index is 0.120. The van der Waals surface area contributed by atoms with Crippen molar-refractivity contribution < 1.29 is 14.3 Å². The lowest BCUT2D eigenvalue weighted by atomic mass is 10.1. The van der Waals surface area contributed by atoms with E-state index in [1.165, 1.54) is 11.3 Å². The Bertz CT molecular complexity index is 1140. The molecule has 0 aliphatic carbocycles. The van der Waals surface area contributed by atoms with Crippen LogP contribution in [0.25, 0.3) is 21.0 Å². The number of nitrogens with zero attached hydrogens (tertiary/aromatic N) is 1. The molecular formula is C21H18N2O3S. The number of hydrogen-bond acceptors (Lipinski definition) is 5. The highest BCUT2D eigenvalue weighted by Crippen LogP contribution is 2.32. The van der Waals surface area contributed by atoms with Crippen molar-refractivity contribution in [2.75, 3.05) is 19.5 Å². The molecule has 1 N–H and O–H groups in total. The van der Waals surface area contributed by atoms with Crippen molar-refractivity contribution in [1.29, 1.82) is 0 Å². The molecule has 1 heterocycles. The van der Waals surface area contributed by atoms with Crippen LogP contribution >= 0.6 is 11.3 Å². The van der Waals surface area contributed by atoms with E-state index in [-0.39, 0.29) is 12.3 Å². The van der Waals surface area contributed by atoms with Gasteiger partial charge in [0, 0.05) is 5.39 Å². The van der Waals surface area contributed by atoms with Crippen LogP contribution in [-0.2, 0) is 11.2 Å². The standard InChI is InChI=1S/C21H18N2O3S/c1-25-16-9-7-13(11-17(16)26-2)12-19(24)22-21-23-20-15-6-4-3-5-14(15)8-10-18(20)27-21/h3-11H,12H2,1-2H3,(H,22,23,24). The number of nitrogens with one attached hydrogen (secondary N) is 1. The van der Waals surface area contributed by atoms with E-state index in [0.29, 0.717) is 16.6 Å². The summed E-state index contributed by atoms with van der Waals surface area (Å²) < 4.78 is 11.6. The molecule has 0 unspecified atom stereocenters. The van der Waals surface area contributed by atoms with E-state index in [0.717, 1.165) is 26.6 Å². The first-order valence-electron chi connectivity index (χ1n) is 8.47. The number of fused-ring (bicyclic) bond motifs is 3. The molecule has 0 fully saturated rings. The molecule has 0 saturated heterocycles. The fourth-order valence-corrected chi connectivity index (χ4v) is 3.95. The molecule has 1 aromatic heterocycles. The maximum absolute atomic E-state index is 12.5. The van der Waals surface area contributed by atoms with Crippen LogP contribution in [0, 0.1) is 0 Å². The van der Waals surface area contributed by atoms with Crippen LogP contribution in [0.2, 0.25) is 0 Å².